The number of sulfonamides is 1. The van der Waals surface area contributed by atoms with Crippen molar-refractivity contribution in [1.29, 1.82) is 0 Å². The van der Waals surface area contributed by atoms with Crippen molar-refractivity contribution >= 4 is 39.1 Å². The number of piperidine rings is 1. The monoisotopic (exact) mass is 434 g/mol. The van der Waals surface area contributed by atoms with E-state index >= 15 is 0 Å². The Morgan fingerprint density at radius 1 is 1.22 bits per heavy atom. The van der Waals surface area contributed by atoms with Gasteiger partial charge in [-0.15, -0.1) is 0 Å². The Labute approximate surface area is 170 Å². The second-order valence-electron chi connectivity index (χ2n) is 7.03. The standard InChI is InChI=1S/C18H24Cl2N2O4S/c19-16-6-1-7-17(20)15(16)12-27(24,25)22-8-2-4-13(11-22)18(23)21-10-14-5-3-9-26-14/h1,6-7,13-14H,2-5,8-12H2,(H,21,23)/t13-,14-/m0/s1. The van der Waals surface area contributed by atoms with Gasteiger partial charge in [0.15, 0.2) is 0 Å². The van der Waals surface area contributed by atoms with Crippen molar-refractivity contribution in [2.75, 3.05) is 26.2 Å². The fourth-order valence-electron chi connectivity index (χ4n) is 3.52. The molecule has 0 bridgehead atoms. The summed E-state index contributed by atoms with van der Waals surface area (Å²) in [5.41, 5.74) is 0.394. The molecule has 2 atom stereocenters. The maximum atomic E-state index is 12.9. The number of carbonyl (C=O) groups excluding carboxylic acids is 1. The molecule has 3 rings (SSSR count). The number of rotatable bonds is 6. The lowest BCUT2D eigenvalue weighted by atomic mass is 9.99. The Hall–Kier alpha value is -0.860. The summed E-state index contributed by atoms with van der Waals surface area (Å²) in [5.74, 6) is -0.728. The summed E-state index contributed by atoms with van der Waals surface area (Å²) >= 11 is 12.2. The molecule has 2 aliphatic heterocycles. The van der Waals surface area contributed by atoms with Gasteiger partial charge in [0.2, 0.25) is 15.9 Å². The van der Waals surface area contributed by atoms with Gasteiger partial charge in [-0.3, -0.25) is 4.79 Å². The first kappa shape index (κ1) is 20.9. The first-order valence-electron chi connectivity index (χ1n) is 9.17. The fraction of sp³-hybridized carbons (Fsp3) is 0.611. The largest absolute Gasteiger partial charge is 0.376 e. The van der Waals surface area contributed by atoms with Gasteiger partial charge in [0.05, 0.1) is 17.8 Å². The summed E-state index contributed by atoms with van der Waals surface area (Å²) in [7, 11) is -3.62. The average molecular weight is 435 g/mol. The average Bonchev–Trinajstić information content (AvgIpc) is 3.17. The van der Waals surface area contributed by atoms with Crippen LogP contribution in [0.4, 0.5) is 0 Å². The maximum Gasteiger partial charge on any atom is 0.224 e. The van der Waals surface area contributed by atoms with Gasteiger partial charge in [-0.2, -0.15) is 0 Å². The van der Waals surface area contributed by atoms with Crippen LogP contribution in [0.15, 0.2) is 18.2 Å². The first-order chi connectivity index (χ1) is 12.9. The molecule has 0 radical (unpaired) electrons. The fourth-order valence-corrected chi connectivity index (χ4v) is 5.88. The van der Waals surface area contributed by atoms with Crippen LogP contribution in [-0.2, 0) is 25.3 Å². The summed E-state index contributed by atoms with van der Waals surface area (Å²) < 4.78 is 32.6. The molecular weight excluding hydrogens is 411 g/mol. The maximum absolute atomic E-state index is 12.9. The van der Waals surface area contributed by atoms with Gasteiger partial charge in [-0.25, -0.2) is 12.7 Å². The second kappa shape index (κ2) is 9.09. The third kappa shape index (κ3) is 5.35. The van der Waals surface area contributed by atoms with E-state index < -0.39 is 10.0 Å². The van der Waals surface area contributed by atoms with Crippen LogP contribution in [0, 0.1) is 5.92 Å². The molecule has 1 aromatic rings. The summed E-state index contributed by atoms with van der Waals surface area (Å²) in [6, 6.07) is 4.92. The van der Waals surface area contributed by atoms with Crippen LogP contribution >= 0.6 is 23.2 Å². The molecule has 0 aliphatic carbocycles. The third-order valence-corrected chi connectivity index (χ3v) is 7.54. The molecule has 1 amide bonds. The minimum Gasteiger partial charge on any atom is -0.376 e. The van der Waals surface area contributed by atoms with Gasteiger partial charge in [-0.05, 0) is 37.8 Å². The van der Waals surface area contributed by atoms with E-state index in [1.807, 2.05) is 0 Å². The minimum absolute atomic E-state index is 0.0692. The molecular formula is C18H24Cl2N2O4S. The van der Waals surface area contributed by atoms with Crippen molar-refractivity contribution in [1.82, 2.24) is 9.62 Å². The van der Waals surface area contributed by atoms with Crippen LogP contribution < -0.4 is 5.32 Å². The molecule has 27 heavy (non-hydrogen) atoms. The highest BCUT2D eigenvalue weighted by molar-refractivity contribution is 7.88. The topological polar surface area (TPSA) is 75.7 Å². The zero-order valence-corrected chi connectivity index (χ0v) is 17.3. The Bertz CT molecular complexity index is 761. The second-order valence-corrected chi connectivity index (χ2v) is 9.82. The van der Waals surface area contributed by atoms with Crippen LogP contribution in [0.2, 0.25) is 10.0 Å². The van der Waals surface area contributed by atoms with Crippen molar-refractivity contribution in [3.05, 3.63) is 33.8 Å². The van der Waals surface area contributed by atoms with Crippen molar-refractivity contribution in [2.24, 2.45) is 5.92 Å². The molecule has 150 valence electrons. The summed E-state index contributed by atoms with van der Waals surface area (Å²) in [5, 5.41) is 3.56. The van der Waals surface area contributed by atoms with Crippen LogP contribution in [0.3, 0.4) is 0 Å². The van der Waals surface area contributed by atoms with Gasteiger partial charge in [0, 0.05) is 41.8 Å². The van der Waals surface area contributed by atoms with Crippen molar-refractivity contribution in [3.8, 4) is 0 Å². The molecule has 0 saturated carbocycles. The van der Waals surface area contributed by atoms with Gasteiger partial charge >= 0.3 is 0 Å². The van der Waals surface area contributed by atoms with E-state index in [0.29, 0.717) is 41.5 Å². The number of nitrogens with one attached hydrogen (secondary N) is 1. The molecule has 1 N–H and O–H groups in total. The molecule has 2 saturated heterocycles. The van der Waals surface area contributed by atoms with Gasteiger partial charge in [0.1, 0.15) is 0 Å². The Kier molecular flexibility index (Phi) is 7.03. The molecule has 6 nitrogen and oxygen atoms in total. The van der Waals surface area contributed by atoms with Crippen molar-refractivity contribution in [2.45, 2.75) is 37.5 Å². The Morgan fingerprint density at radius 2 is 1.96 bits per heavy atom. The zero-order valence-electron chi connectivity index (χ0n) is 15.0. The number of amides is 1. The quantitative estimate of drug-likeness (QED) is 0.746. The van der Waals surface area contributed by atoms with E-state index in [1.54, 1.807) is 18.2 Å². The van der Waals surface area contributed by atoms with E-state index in [2.05, 4.69) is 5.32 Å². The van der Waals surface area contributed by atoms with E-state index in [9.17, 15) is 13.2 Å². The van der Waals surface area contributed by atoms with Crippen molar-refractivity contribution in [3.63, 3.8) is 0 Å². The molecule has 0 spiro atoms. The molecule has 0 unspecified atom stereocenters. The van der Waals surface area contributed by atoms with Crippen LogP contribution in [0.1, 0.15) is 31.2 Å². The molecule has 2 fully saturated rings. The number of benzene rings is 1. The number of hydrogen-bond acceptors (Lipinski definition) is 4. The highest BCUT2D eigenvalue weighted by Gasteiger charge is 2.33. The van der Waals surface area contributed by atoms with Gasteiger partial charge in [-0.1, -0.05) is 29.3 Å². The SMILES string of the molecule is O=C(NC[C@@H]1CCCO1)[C@H]1CCCN(S(=O)(=O)Cc2c(Cl)cccc2Cl)C1. The van der Waals surface area contributed by atoms with Gasteiger partial charge in [0.25, 0.3) is 0 Å². The van der Waals surface area contributed by atoms with Crippen LogP contribution in [0.5, 0.6) is 0 Å². The number of halogens is 2. The highest BCUT2D eigenvalue weighted by Crippen LogP contribution is 2.29. The number of hydrogen-bond donors (Lipinski definition) is 1. The van der Waals surface area contributed by atoms with Gasteiger partial charge < -0.3 is 10.1 Å². The predicted octanol–water partition coefficient (Wildman–Crippen LogP) is 2.83. The Balaban J connectivity index is 1.61. The lowest BCUT2D eigenvalue weighted by molar-refractivity contribution is -0.126. The first-order valence-corrected chi connectivity index (χ1v) is 11.5. The Morgan fingerprint density at radius 3 is 2.63 bits per heavy atom. The lowest BCUT2D eigenvalue weighted by Crippen LogP contribution is -2.46. The third-order valence-electron chi connectivity index (χ3n) is 5.06. The summed E-state index contributed by atoms with van der Waals surface area (Å²) in [4.78, 5) is 12.5. The molecule has 2 heterocycles. The molecule has 2 aliphatic rings. The number of carbonyl (C=O) groups is 1. The number of nitrogens with zero attached hydrogens (tertiary/aromatic N) is 1. The molecule has 9 heteroatoms. The lowest BCUT2D eigenvalue weighted by Gasteiger charge is -2.31. The van der Waals surface area contributed by atoms with Crippen molar-refractivity contribution < 1.29 is 17.9 Å². The van der Waals surface area contributed by atoms with E-state index in [4.69, 9.17) is 27.9 Å². The zero-order chi connectivity index (χ0) is 19.4. The highest BCUT2D eigenvalue weighted by atomic mass is 35.5. The molecule has 0 aromatic heterocycles. The minimum atomic E-state index is -3.62. The van der Waals surface area contributed by atoms with E-state index in [0.717, 1.165) is 19.4 Å². The smallest absolute Gasteiger partial charge is 0.224 e. The van der Waals surface area contributed by atoms with E-state index in [-0.39, 0.29) is 30.2 Å². The van der Waals surface area contributed by atoms with Crippen LogP contribution in [0.25, 0.3) is 0 Å². The van der Waals surface area contributed by atoms with E-state index in [1.165, 1.54) is 4.31 Å². The molecule has 1 aromatic carbocycles. The normalized spacial score (nSPS) is 24.1. The summed E-state index contributed by atoms with van der Waals surface area (Å²) in [6.45, 7) is 1.81. The predicted molar refractivity (Wildman–Crippen MR) is 105 cm³/mol. The van der Waals surface area contributed by atoms with Crippen LogP contribution in [-0.4, -0.2) is 51.0 Å². The summed E-state index contributed by atoms with van der Waals surface area (Å²) in [6.07, 6.45) is 3.36. The number of ether oxygens (including phenoxy) is 1.